The fourth-order valence-corrected chi connectivity index (χ4v) is 3.58. The lowest BCUT2D eigenvalue weighted by Crippen LogP contribution is -2.41. The third kappa shape index (κ3) is 4.47. The molecule has 0 unspecified atom stereocenters. The lowest BCUT2D eigenvalue weighted by molar-refractivity contribution is 0.414. The maximum atomic E-state index is 12.4. The molecule has 0 bridgehead atoms. The van der Waals surface area contributed by atoms with Crippen LogP contribution in [0, 0.1) is 12.8 Å². The lowest BCUT2D eigenvalue weighted by atomic mass is 10.1. The van der Waals surface area contributed by atoms with Gasteiger partial charge in [-0.15, -0.1) is 0 Å². The number of hydrogen-bond acceptors (Lipinski definition) is 4. The van der Waals surface area contributed by atoms with Crippen LogP contribution < -0.4 is 15.2 Å². The Morgan fingerprint density at radius 1 is 1.35 bits per heavy atom. The molecule has 1 aromatic rings. The highest BCUT2D eigenvalue weighted by Gasteiger charge is 2.21. The van der Waals surface area contributed by atoms with Crippen molar-refractivity contribution < 1.29 is 13.2 Å². The first-order chi connectivity index (χ1) is 9.30. The molecule has 0 fully saturated rings. The topological polar surface area (TPSA) is 81.4 Å². The highest BCUT2D eigenvalue weighted by molar-refractivity contribution is 7.89. The van der Waals surface area contributed by atoms with Gasteiger partial charge in [0, 0.05) is 12.6 Å². The average molecular weight is 300 g/mol. The number of sulfonamides is 1. The van der Waals surface area contributed by atoms with Crippen molar-refractivity contribution in [2.75, 3.05) is 13.7 Å². The number of aryl methyl sites for hydroxylation is 1. The summed E-state index contributed by atoms with van der Waals surface area (Å²) in [5.41, 5.74) is 6.29. The van der Waals surface area contributed by atoms with Crippen LogP contribution in [0.5, 0.6) is 5.75 Å². The maximum absolute atomic E-state index is 12.4. The van der Waals surface area contributed by atoms with Gasteiger partial charge >= 0.3 is 0 Å². The predicted molar refractivity (Wildman–Crippen MR) is 80.3 cm³/mol. The van der Waals surface area contributed by atoms with E-state index in [0.29, 0.717) is 23.7 Å². The molecule has 0 amide bonds. The minimum absolute atomic E-state index is 0.249. The summed E-state index contributed by atoms with van der Waals surface area (Å²) in [5, 5.41) is 0. The van der Waals surface area contributed by atoms with Gasteiger partial charge in [0.25, 0.3) is 0 Å². The average Bonchev–Trinajstić information content (AvgIpc) is 2.36. The van der Waals surface area contributed by atoms with Gasteiger partial charge in [-0.05, 0) is 43.0 Å². The molecule has 0 saturated heterocycles. The Labute approximate surface area is 121 Å². The molecular formula is C14H24N2O3S. The number of hydrogen-bond donors (Lipinski definition) is 2. The molecule has 3 N–H and O–H groups in total. The van der Waals surface area contributed by atoms with E-state index < -0.39 is 10.0 Å². The Kier molecular flexibility index (Phi) is 5.98. The molecule has 0 saturated carbocycles. The third-order valence-corrected chi connectivity index (χ3v) is 4.71. The van der Waals surface area contributed by atoms with E-state index in [2.05, 4.69) is 4.72 Å². The van der Waals surface area contributed by atoms with Gasteiger partial charge in [-0.25, -0.2) is 13.1 Å². The summed E-state index contributed by atoms with van der Waals surface area (Å²) >= 11 is 0. The molecule has 0 aliphatic rings. The molecule has 0 radical (unpaired) electrons. The maximum Gasteiger partial charge on any atom is 0.241 e. The summed E-state index contributed by atoms with van der Waals surface area (Å²) < 4.78 is 32.5. The van der Waals surface area contributed by atoms with Crippen LogP contribution in [0.3, 0.4) is 0 Å². The summed E-state index contributed by atoms with van der Waals surface area (Å²) in [4.78, 5) is 0.264. The standard InChI is InChI=1S/C14H24N2O3S/c1-10(2)7-12(9-15)16-20(17,18)14-6-5-13(19-4)8-11(14)3/h5-6,8,10,12,16H,7,9,15H2,1-4H3/t12-/m0/s1. The molecule has 20 heavy (non-hydrogen) atoms. The second-order valence-corrected chi connectivity index (χ2v) is 7.00. The van der Waals surface area contributed by atoms with Crippen molar-refractivity contribution in [3.63, 3.8) is 0 Å². The Bertz CT molecular complexity index is 541. The largest absolute Gasteiger partial charge is 0.497 e. The Hall–Kier alpha value is -1.11. The molecule has 1 rings (SSSR count). The van der Waals surface area contributed by atoms with E-state index in [1.54, 1.807) is 32.2 Å². The van der Waals surface area contributed by atoms with Crippen LogP contribution >= 0.6 is 0 Å². The second kappa shape index (κ2) is 7.06. The third-order valence-electron chi connectivity index (χ3n) is 3.03. The van der Waals surface area contributed by atoms with Crippen LogP contribution in [0.4, 0.5) is 0 Å². The van der Waals surface area contributed by atoms with Gasteiger partial charge in [-0.3, -0.25) is 0 Å². The van der Waals surface area contributed by atoms with Crippen molar-refractivity contribution in [2.24, 2.45) is 11.7 Å². The molecule has 0 spiro atoms. The smallest absolute Gasteiger partial charge is 0.241 e. The van der Waals surface area contributed by atoms with Crippen LogP contribution in [0.2, 0.25) is 0 Å². The van der Waals surface area contributed by atoms with E-state index in [1.165, 1.54) is 0 Å². The Balaban J connectivity index is 2.98. The molecule has 6 heteroatoms. The molecule has 0 aliphatic carbocycles. The highest BCUT2D eigenvalue weighted by Crippen LogP contribution is 2.21. The number of rotatable bonds is 7. The zero-order chi connectivity index (χ0) is 15.3. The van der Waals surface area contributed by atoms with Gasteiger partial charge in [0.05, 0.1) is 12.0 Å². The minimum Gasteiger partial charge on any atom is -0.497 e. The summed E-state index contributed by atoms with van der Waals surface area (Å²) in [6.07, 6.45) is 0.713. The number of methoxy groups -OCH3 is 1. The monoisotopic (exact) mass is 300 g/mol. The summed E-state index contributed by atoms with van der Waals surface area (Å²) in [6.45, 7) is 6.11. The van der Waals surface area contributed by atoms with Crippen molar-refractivity contribution in [3.05, 3.63) is 23.8 Å². The summed E-state index contributed by atoms with van der Waals surface area (Å²) in [6, 6.07) is 4.65. The van der Waals surface area contributed by atoms with Crippen molar-refractivity contribution in [1.29, 1.82) is 0 Å². The zero-order valence-corrected chi connectivity index (χ0v) is 13.3. The van der Waals surface area contributed by atoms with Crippen LogP contribution in [-0.2, 0) is 10.0 Å². The van der Waals surface area contributed by atoms with Gasteiger partial charge < -0.3 is 10.5 Å². The van der Waals surface area contributed by atoms with Crippen LogP contribution in [0.15, 0.2) is 23.1 Å². The molecule has 1 atom stereocenters. The van der Waals surface area contributed by atoms with Gasteiger partial charge in [0.15, 0.2) is 0 Å². The quantitative estimate of drug-likeness (QED) is 0.802. The van der Waals surface area contributed by atoms with E-state index in [-0.39, 0.29) is 17.5 Å². The molecule has 0 aromatic heterocycles. The van der Waals surface area contributed by atoms with Crippen LogP contribution in [-0.4, -0.2) is 28.1 Å². The van der Waals surface area contributed by atoms with Gasteiger partial charge in [0.1, 0.15) is 5.75 Å². The summed E-state index contributed by atoms with van der Waals surface area (Å²) in [7, 11) is -2.01. The number of ether oxygens (including phenoxy) is 1. The van der Waals surface area contributed by atoms with Gasteiger partial charge in [0.2, 0.25) is 10.0 Å². The number of benzene rings is 1. The Morgan fingerprint density at radius 3 is 2.45 bits per heavy atom. The van der Waals surface area contributed by atoms with Gasteiger partial charge in [-0.2, -0.15) is 0 Å². The first kappa shape index (κ1) is 16.9. The van der Waals surface area contributed by atoms with Crippen molar-refractivity contribution in [3.8, 4) is 5.75 Å². The van der Waals surface area contributed by atoms with Crippen LogP contribution in [0.1, 0.15) is 25.8 Å². The van der Waals surface area contributed by atoms with E-state index in [4.69, 9.17) is 10.5 Å². The predicted octanol–water partition coefficient (Wildman–Crippen LogP) is 1.66. The molecular weight excluding hydrogens is 276 g/mol. The molecule has 114 valence electrons. The first-order valence-corrected chi connectivity index (χ1v) is 8.15. The van der Waals surface area contributed by atoms with E-state index >= 15 is 0 Å². The highest BCUT2D eigenvalue weighted by atomic mass is 32.2. The van der Waals surface area contributed by atoms with E-state index in [0.717, 1.165) is 0 Å². The van der Waals surface area contributed by atoms with Crippen LogP contribution in [0.25, 0.3) is 0 Å². The summed E-state index contributed by atoms with van der Waals surface area (Å²) in [5.74, 6) is 1.02. The fourth-order valence-electron chi connectivity index (χ4n) is 2.09. The number of nitrogens with two attached hydrogens (primary N) is 1. The second-order valence-electron chi connectivity index (χ2n) is 5.31. The Morgan fingerprint density at radius 2 is 2.00 bits per heavy atom. The lowest BCUT2D eigenvalue weighted by Gasteiger charge is -2.19. The van der Waals surface area contributed by atoms with Crippen molar-refractivity contribution >= 4 is 10.0 Å². The number of nitrogens with one attached hydrogen (secondary N) is 1. The zero-order valence-electron chi connectivity index (χ0n) is 12.5. The first-order valence-electron chi connectivity index (χ1n) is 6.67. The fraction of sp³-hybridized carbons (Fsp3) is 0.571. The van der Waals surface area contributed by atoms with E-state index in [1.807, 2.05) is 13.8 Å². The van der Waals surface area contributed by atoms with Crippen molar-refractivity contribution in [1.82, 2.24) is 4.72 Å². The minimum atomic E-state index is -3.56. The van der Waals surface area contributed by atoms with Crippen molar-refractivity contribution in [2.45, 2.75) is 38.1 Å². The van der Waals surface area contributed by atoms with Gasteiger partial charge in [-0.1, -0.05) is 13.8 Å². The van der Waals surface area contributed by atoms with E-state index in [9.17, 15) is 8.42 Å². The normalized spacial score (nSPS) is 13.5. The molecule has 1 aromatic carbocycles. The molecule has 0 heterocycles. The molecule has 5 nitrogen and oxygen atoms in total. The SMILES string of the molecule is COc1ccc(S(=O)(=O)N[C@H](CN)CC(C)C)c(C)c1. The molecule has 0 aliphatic heterocycles.